The number of carbonyl (C=O) groups excluding carboxylic acids is 1. The highest BCUT2D eigenvalue weighted by molar-refractivity contribution is 7.88. The van der Waals surface area contributed by atoms with Crippen LogP contribution < -0.4 is 0 Å². The topological polar surface area (TPSA) is 57.7 Å². The first kappa shape index (κ1) is 17.9. The molecule has 0 heterocycles. The summed E-state index contributed by atoms with van der Waals surface area (Å²) >= 11 is 5.81. The van der Waals surface area contributed by atoms with Gasteiger partial charge in [-0.25, -0.2) is 8.42 Å². The summed E-state index contributed by atoms with van der Waals surface area (Å²) < 4.78 is 24.9. The SMILES string of the molecule is CCN(CC)C(=O)CN(Cc1ccc(Cl)cc1)S(C)(=O)=O. The third kappa shape index (κ3) is 5.65. The smallest absolute Gasteiger partial charge is 0.237 e. The highest BCUT2D eigenvalue weighted by atomic mass is 35.5. The fraction of sp³-hybridized carbons (Fsp3) is 0.500. The van der Waals surface area contributed by atoms with Gasteiger partial charge in [-0.15, -0.1) is 0 Å². The van der Waals surface area contributed by atoms with E-state index in [1.165, 1.54) is 4.31 Å². The van der Waals surface area contributed by atoms with Crippen LogP contribution in [0, 0.1) is 0 Å². The Hall–Kier alpha value is -1.11. The van der Waals surface area contributed by atoms with Crippen molar-refractivity contribution >= 4 is 27.5 Å². The number of carbonyl (C=O) groups is 1. The molecule has 21 heavy (non-hydrogen) atoms. The second-order valence-electron chi connectivity index (χ2n) is 4.72. The number of halogens is 1. The van der Waals surface area contributed by atoms with Crippen LogP contribution in [-0.2, 0) is 21.4 Å². The number of likely N-dealkylation sites (N-methyl/N-ethyl adjacent to an activating group) is 1. The maximum atomic E-state index is 12.1. The molecule has 118 valence electrons. The third-order valence-corrected chi connectivity index (χ3v) is 4.62. The van der Waals surface area contributed by atoms with Gasteiger partial charge in [0.1, 0.15) is 0 Å². The lowest BCUT2D eigenvalue weighted by atomic mass is 10.2. The van der Waals surface area contributed by atoms with Crippen LogP contribution in [0.1, 0.15) is 19.4 Å². The number of rotatable bonds is 7. The van der Waals surface area contributed by atoms with Crippen LogP contribution in [0.2, 0.25) is 5.02 Å². The van der Waals surface area contributed by atoms with Crippen molar-refractivity contribution in [2.45, 2.75) is 20.4 Å². The molecule has 0 atom stereocenters. The minimum absolute atomic E-state index is 0.150. The van der Waals surface area contributed by atoms with Crippen molar-refractivity contribution < 1.29 is 13.2 Å². The van der Waals surface area contributed by atoms with Crippen molar-refractivity contribution in [1.82, 2.24) is 9.21 Å². The van der Waals surface area contributed by atoms with E-state index in [1.807, 2.05) is 13.8 Å². The van der Waals surface area contributed by atoms with Gasteiger partial charge in [0.25, 0.3) is 0 Å². The molecule has 1 aromatic carbocycles. The Balaban J connectivity index is 2.87. The van der Waals surface area contributed by atoms with E-state index in [0.29, 0.717) is 18.1 Å². The van der Waals surface area contributed by atoms with Gasteiger partial charge in [0.15, 0.2) is 0 Å². The standard InChI is InChI=1S/C14H21ClN2O3S/c1-4-16(5-2)14(18)11-17(21(3,19)20)10-12-6-8-13(15)9-7-12/h6-9H,4-5,10-11H2,1-3H3. The average molecular weight is 333 g/mol. The minimum Gasteiger partial charge on any atom is -0.342 e. The molecule has 1 rings (SSSR count). The first-order valence-corrected chi connectivity index (χ1v) is 8.97. The van der Waals surface area contributed by atoms with E-state index in [4.69, 9.17) is 11.6 Å². The Morgan fingerprint density at radius 2 is 1.67 bits per heavy atom. The number of hydrogen-bond acceptors (Lipinski definition) is 3. The van der Waals surface area contributed by atoms with Crippen molar-refractivity contribution in [2.24, 2.45) is 0 Å². The van der Waals surface area contributed by atoms with E-state index in [-0.39, 0.29) is 19.0 Å². The molecule has 0 saturated carbocycles. The van der Waals surface area contributed by atoms with E-state index in [0.717, 1.165) is 11.8 Å². The molecule has 0 bridgehead atoms. The Bertz CT molecular complexity index is 568. The van der Waals surface area contributed by atoms with Gasteiger partial charge >= 0.3 is 0 Å². The maximum absolute atomic E-state index is 12.1. The van der Waals surface area contributed by atoms with Crippen molar-refractivity contribution in [3.8, 4) is 0 Å². The first-order valence-electron chi connectivity index (χ1n) is 6.75. The second kappa shape index (κ2) is 7.77. The lowest BCUT2D eigenvalue weighted by molar-refractivity contribution is -0.131. The molecule has 7 heteroatoms. The fourth-order valence-electron chi connectivity index (χ4n) is 1.91. The Morgan fingerprint density at radius 3 is 2.10 bits per heavy atom. The Kier molecular flexibility index (Phi) is 6.64. The van der Waals surface area contributed by atoms with Gasteiger partial charge in [-0.05, 0) is 31.5 Å². The summed E-state index contributed by atoms with van der Waals surface area (Å²) in [6, 6.07) is 6.90. The molecule has 0 aliphatic heterocycles. The summed E-state index contributed by atoms with van der Waals surface area (Å²) in [6.45, 7) is 4.87. The quantitative estimate of drug-likeness (QED) is 0.767. The molecule has 0 radical (unpaired) electrons. The monoisotopic (exact) mass is 332 g/mol. The van der Waals surface area contributed by atoms with Crippen LogP contribution in [0.4, 0.5) is 0 Å². The summed E-state index contributed by atoms with van der Waals surface area (Å²) in [6.07, 6.45) is 1.11. The van der Waals surface area contributed by atoms with Crippen LogP contribution in [0.5, 0.6) is 0 Å². The molecule has 0 unspecified atom stereocenters. The summed E-state index contributed by atoms with van der Waals surface area (Å²) in [7, 11) is -3.47. The zero-order valence-electron chi connectivity index (χ0n) is 12.5. The van der Waals surface area contributed by atoms with Gasteiger partial charge in [-0.2, -0.15) is 4.31 Å². The Morgan fingerprint density at radius 1 is 1.14 bits per heavy atom. The van der Waals surface area contributed by atoms with Crippen LogP contribution in [0.25, 0.3) is 0 Å². The summed E-state index contributed by atoms with van der Waals surface area (Å²) in [5.74, 6) is -0.195. The number of benzene rings is 1. The minimum atomic E-state index is -3.47. The summed E-state index contributed by atoms with van der Waals surface area (Å²) in [5.41, 5.74) is 0.789. The van der Waals surface area contributed by atoms with Gasteiger partial charge in [0, 0.05) is 24.7 Å². The van der Waals surface area contributed by atoms with Gasteiger partial charge < -0.3 is 4.90 Å². The average Bonchev–Trinajstić information content (AvgIpc) is 2.40. The van der Waals surface area contributed by atoms with Crippen molar-refractivity contribution in [3.63, 3.8) is 0 Å². The fourth-order valence-corrected chi connectivity index (χ4v) is 2.77. The highest BCUT2D eigenvalue weighted by Gasteiger charge is 2.22. The lowest BCUT2D eigenvalue weighted by Crippen LogP contribution is -2.42. The molecule has 5 nitrogen and oxygen atoms in total. The molecule has 0 saturated heterocycles. The normalized spacial score (nSPS) is 11.7. The molecule has 1 amide bonds. The maximum Gasteiger partial charge on any atom is 0.237 e. The van der Waals surface area contributed by atoms with E-state index >= 15 is 0 Å². The number of nitrogens with zero attached hydrogens (tertiary/aromatic N) is 2. The van der Waals surface area contributed by atoms with Crippen LogP contribution >= 0.6 is 11.6 Å². The molecule has 0 aliphatic rings. The van der Waals surface area contributed by atoms with Gasteiger partial charge in [0.2, 0.25) is 15.9 Å². The first-order chi connectivity index (χ1) is 9.77. The lowest BCUT2D eigenvalue weighted by Gasteiger charge is -2.24. The third-order valence-electron chi connectivity index (χ3n) is 3.17. The van der Waals surface area contributed by atoms with E-state index in [9.17, 15) is 13.2 Å². The van der Waals surface area contributed by atoms with Crippen molar-refractivity contribution in [1.29, 1.82) is 0 Å². The summed E-state index contributed by atoms with van der Waals surface area (Å²) in [4.78, 5) is 13.7. The van der Waals surface area contributed by atoms with Crippen LogP contribution in [0.3, 0.4) is 0 Å². The molecule has 0 aromatic heterocycles. The molecule has 1 aromatic rings. The van der Waals surface area contributed by atoms with E-state index in [2.05, 4.69) is 0 Å². The van der Waals surface area contributed by atoms with Gasteiger partial charge in [-0.3, -0.25) is 4.79 Å². The molecular weight excluding hydrogens is 312 g/mol. The molecule has 0 fully saturated rings. The molecule has 0 aliphatic carbocycles. The predicted octanol–water partition coefficient (Wildman–Crippen LogP) is 1.97. The Labute approximate surface area is 131 Å². The largest absolute Gasteiger partial charge is 0.342 e. The molecule has 0 spiro atoms. The predicted molar refractivity (Wildman–Crippen MR) is 84.6 cm³/mol. The van der Waals surface area contributed by atoms with Crippen LogP contribution in [0.15, 0.2) is 24.3 Å². The molecular formula is C14H21ClN2O3S. The number of amides is 1. The number of hydrogen-bond donors (Lipinski definition) is 0. The van der Waals surface area contributed by atoms with E-state index < -0.39 is 10.0 Å². The zero-order chi connectivity index (χ0) is 16.0. The van der Waals surface area contributed by atoms with E-state index in [1.54, 1.807) is 29.2 Å². The molecule has 0 N–H and O–H groups in total. The van der Waals surface area contributed by atoms with Gasteiger partial charge in [-0.1, -0.05) is 23.7 Å². The number of sulfonamides is 1. The zero-order valence-corrected chi connectivity index (χ0v) is 14.1. The van der Waals surface area contributed by atoms with Crippen molar-refractivity contribution in [2.75, 3.05) is 25.9 Å². The van der Waals surface area contributed by atoms with Crippen molar-refractivity contribution in [3.05, 3.63) is 34.9 Å². The second-order valence-corrected chi connectivity index (χ2v) is 7.14. The summed E-state index contributed by atoms with van der Waals surface area (Å²) in [5, 5.41) is 0.587. The van der Waals surface area contributed by atoms with Gasteiger partial charge in [0.05, 0.1) is 12.8 Å². The van der Waals surface area contributed by atoms with Crippen LogP contribution in [-0.4, -0.2) is 49.4 Å². The highest BCUT2D eigenvalue weighted by Crippen LogP contribution is 2.13.